The van der Waals surface area contributed by atoms with E-state index in [2.05, 4.69) is 10.4 Å². The van der Waals surface area contributed by atoms with Gasteiger partial charge in [-0.25, -0.2) is 4.98 Å². The number of halogens is 1. The molecule has 1 N–H and O–H groups in total. The van der Waals surface area contributed by atoms with E-state index in [0.29, 0.717) is 0 Å². The summed E-state index contributed by atoms with van der Waals surface area (Å²) in [6, 6.07) is 7.74. The first kappa shape index (κ1) is 13.9. The molecule has 1 unspecified atom stereocenters. The number of nitrogens with zero attached hydrogens (tertiary/aromatic N) is 1. The summed E-state index contributed by atoms with van der Waals surface area (Å²) in [5.74, 6) is 0.822. The van der Waals surface area contributed by atoms with Gasteiger partial charge in [0.1, 0.15) is 5.01 Å². The fourth-order valence-corrected chi connectivity index (χ4v) is 3.37. The van der Waals surface area contributed by atoms with Gasteiger partial charge in [-0.3, -0.25) is 0 Å². The SMILES string of the molecule is CC(CO)SCc1csc(-c2ccccc2Cl)n1. The molecule has 2 aromatic rings. The zero-order valence-electron chi connectivity index (χ0n) is 9.97. The normalized spacial score (nSPS) is 12.6. The van der Waals surface area contributed by atoms with E-state index in [1.54, 1.807) is 23.1 Å². The van der Waals surface area contributed by atoms with E-state index in [1.165, 1.54) is 0 Å². The van der Waals surface area contributed by atoms with E-state index in [-0.39, 0.29) is 11.9 Å². The first-order chi connectivity index (χ1) is 8.70. The van der Waals surface area contributed by atoms with Crippen molar-refractivity contribution in [3.05, 3.63) is 40.4 Å². The molecule has 1 aromatic carbocycles. The van der Waals surface area contributed by atoms with Crippen LogP contribution in [0.15, 0.2) is 29.6 Å². The van der Waals surface area contributed by atoms with Crippen LogP contribution in [0.4, 0.5) is 0 Å². The Hall–Kier alpha value is -0.550. The Kier molecular flexibility index (Phi) is 5.06. The number of aromatic nitrogens is 1. The van der Waals surface area contributed by atoms with E-state index >= 15 is 0 Å². The summed E-state index contributed by atoms with van der Waals surface area (Å²) < 4.78 is 0. The smallest absolute Gasteiger partial charge is 0.125 e. The number of benzene rings is 1. The molecule has 1 atom stereocenters. The lowest BCUT2D eigenvalue weighted by Gasteiger charge is -2.04. The molecule has 0 amide bonds. The molecule has 0 saturated heterocycles. The highest BCUT2D eigenvalue weighted by molar-refractivity contribution is 7.99. The summed E-state index contributed by atoms with van der Waals surface area (Å²) in [5.41, 5.74) is 2.02. The van der Waals surface area contributed by atoms with Crippen LogP contribution < -0.4 is 0 Å². The molecule has 0 fully saturated rings. The third-order valence-electron chi connectivity index (χ3n) is 2.43. The second-order valence-electron chi connectivity index (χ2n) is 3.93. The molecular weight excluding hydrogens is 286 g/mol. The fraction of sp³-hybridized carbons (Fsp3) is 0.308. The van der Waals surface area contributed by atoms with Crippen molar-refractivity contribution in [2.45, 2.75) is 17.9 Å². The third-order valence-corrected chi connectivity index (χ3v) is 4.86. The molecule has 5 heteroatoms. The lowest BCUT2D eigenvalue weighted by atomic mass is 10.2. The van der Waals surface area contributed by atoms with Crippen LogP contribution in [0.2, 0.25) is 5.02 Å². The first-order valence-corrected chi connectivity index (χ1v) is 7.93. The number of hydrogen-bond acceptors (Lipinski definition) is 4. The summed E-state index contributed by atoms with van der Waals surface area (Å²) in [5, 5.41) is 13.0. The first-order valence-electron chi connectivity index (χ1n) is 5.62. The van der Waals surface area contributed by atoms with Gasteiger partial charge in [0.25, 0.3) is 0 Å². The highest BCUT2D eigenvalue weighted by atomic mass is 35.5. The Balaban J connectivity index is 2.09. The van der Waals surface area contributed by atoms with E-state index in [4.69, 9.17) is 16.7 Å². The minimum absolute atomic E-state index is 0.201. The van der Waals surface area contributed by atoms with Crippen molar-refractivity contribution in [1.29, 1.82) is 0 Å². The molecule has 0 spiro atoms. The zero-order valence-corrected chi connectivity index (χ0v) is 12.4. The van der Waals surface area contributed by atoms with E-state index in [1.807, 2.05) is 31.2 Å². The van der Waals surface area contributed by atoms with Crippen molar-refractivity contribution in [3.8, 4) is 10.6 Å². The number of thiazole rings is 1. The third kappa shape index (κ3) is 3.48. The second-order valence-corrected chi connectivity index (χ2v) is 6.62. The molecule has 0 saturated carbocycles. The largest absolute Gasteiger partial charge is 0.395 e. The number of thioether (sulfide) groups is 1. The van der Waals surface area contributed by atoms with Crippen molar-refractivity contribution >= 4 is 34.7 Å². The predicted octanol–water partition coefficient (Wildman–Crippen LogP) is 4.08. The van der Waals surface area contributed by atoms with Gasteiger partial charge in [-0.15, -0.1) is 11.3 Å². The maximum atomic E-state index is 8.98. The standard InChI is InChI=1S/C13H14ClNOS2/c1-9(6-16)17-7-10-8-18-13(15-10)11-4-2-3-5-12(11)14/h2-5,8-9,16H,6-7H2,1H3. The van der Waals surface area contributed by atoms with Crippen LogP contribution in [0.5, 0.6) is 0 Å². The van der Waals surface area contributed by atoms with Gasteiger partial charge in [0.15, 0.2) is 0 Å². The Morgan fingerprint density at radius 3 is 2.94 bits per heavy atom. The summed E-state index contributed by atoms with van der Waals surface area (Å²) in [6.45, 7) is 2.21. The number of aliphatic hydroxyl groups is 1. The highest BCUT2D eigenvalue weighted by Gasteiger charge is 2.09. The van der Waals surface area contributed by atoms with Crippen molar-refractivity contribution in [1.82, 2.24) is 4.98 Å². The maximum Gasteiger partial charge on any atom is 0.125 e. The number of rotatable bonds is 5. The molecule has 2 nitrogen and oxygen atoms in total. The van der Waals surface area contributed by atoms with Gasteiger partial charge in [-0.2, -0.15) is 11.8 Å². The zero-order chi connectivity index (χ0) is 13.0. The molecule has 1 aromatic heterocycles. The Morgan fingerprint density at radius 1 is 1.44 bits per heavy atom. The molecule has 18 heavy (non-hydrogen) atoms. The summed E-state index contributed by atoms with van der Waals surface area (Å²) >= 11 is 9.45. The molecule has 0 aliphatic rings. The van der Waals surface area contributed by atoms with Crippen LogP contribution >= 0.6 is 34.7 Å². The lowest BCUT2D eigenvalue weighted by molar-refractivity contribution is 0.300. The predicted molar refractivity (Wildman–Crippen MR) is 80.4 cm³/mol. The topological polar surface area (TPSA) is 33.1 Å². The minimum Gasteiger partial charge on any atom is -0.395 e. The lowest BCUT2D eigenvalue weighted by Crippen LogP contribution is -2.02. The molecule has 0 radical (unpaired) electrons. The van der Waals surface area contributed by atoms with E-state index < -0.39 is 0 Å². The second kappa shape index (κ2) is 6.57. The Morgan fingerprint density at radius 2 is 2.22 bits per heavy atom. The molecule has 1 heterocycles. The van der Waals surface area contributed by atoms with E-state index in [9.17, 15) is 0 Å². The fourth-order valence-electron chi connectivity index (χ4n) is 1.41. The monoisotopic (exact) mass is 299 g/mol. The molecule has 96 valence electrons. The number of hydrogen-bond donors (Lipinski definition) is 1. The van der Waals surface area contributed by atoms with Crippen LogP contribution in [-0.2, 0) is 5.75 Å². The maximum absolute atomic E-state index is 8.98. The summed E-state index contributed by atoms with van der Waals surface area (Å²) in [6.07, 6.45) is 0. The van der Waals surface area contributed by atoms with Crippen LogP contribution in [0.25, 0.3) is 10.6 Å². The molecule has 0 aliphatic heterocycles. The average molecular weight is 300 g/mol. The van der Waals surface area contributed by atoms with Crippen LogP contribution in [-0.4, -0.2) is 21.9 Å². The van der Waals surface area contributed by atoms with Crippen LogP contribution in [0, 0.1) is 0 Å². The van der Waals surface area contributed by atoms with Crippen molar-refractivity contribution in [2.75, 3.05) is 6.61 Å². The van der Waals surface area contributed by atoms with Gasteiger partial charge in [-0.1, -0.05) is 36.7 Å². The van der Waals surface area contributed by atoms with Crippen LogP contribution in [0.3, 0.4) is 0 Å². The van der Waals surface area contributed by atoms with Crippen molar-refractivity contribution < 1.29 is 5.11 Å². The number of aliphatic hydroxyl groups excluding tert-OH is 1. The molecular formula is C13H14ClNOS2. The summed E-state index contributed by atoms with van der Waals surface area (Å²) in [7, 11) is 0. The Bertz CT molecular complexity index is 515. The Labute approximate surface area is 120 Å². The average Bonchev–Trinajstić information content (AvgIpc) is 2.85. The quantitative estimate of drug-likeness (QED) is 0.903. The van der Waals surface area contributed by atoms with Crippen LogP contribution in [0.1, 0.15) is 12.6 Å². The van der Waals surface area contributed by atoms with Crippen molar-refractivity contribution in [2.24, 2.45) is 0 Å². The highest BCUT2D eigenvalue weighted by Crippen LogP contribution is 2.31. The van der Waals surface area contributed by atoms with Gasteiger partial charge in [-0.05, 0) is 6.07 Å². The summed E-state index contributed by atoms with van der Waals surface area (Å²) in [4.78, 5) is 4.58. The molecule has 0 bridgehead atoms. The van der Waals surface area contributed by atoms with Gasteiger partial charge in [0.05, 0.1) is 17.3 Å². The van der Waals surface area contributed by atoms with Gasteiger partial charge < -0.3 is 5.11 Å². The molecule has 2 rings (SSSR count). The van der Waals surface area contributed by atoms with Gasteiger partial charge in [0, 0.05) is 21.9 Å². The van der Waals surface area contributed by atoms with Gasteiger partial charge in [0.2, 0.25) is 0 Å². The van der Waals surface area contributed by atoms with Gasteiger partial charge >= 0.3 is 0 Å². The minimum atomic E-state index is 0.201. The van der Waals surface area contributed by atoms with E-state index in [0.717, 1.165) is 27.0 Å². The van der Waals surface area contributed by atoms with Crippen molar-refractivity contribution in [3.63, 3.8) is 0 Å². The molecule has 0 aliphatic carbocycles.